The smallest absolute Gasteiger partial charge is 0.283 e. The molecule has 5 rings (SSSR count). The van der Waals surface area contributed by atoms with E-state index in [2.05, 4.69) is 20.8 Å². The van der Waals surface area contributed by atoms with Gasteiger partial charge in [-0.1, -0.05) is 51.1 Å². The van der Waals surface area contributed by atoms with Crippen LogP contribution in [0.25, 0.3) is 11.1 Å². The van der Waals surface area contributed by atoms with E-state index in [4.69, 9.17) is 24.9 Å². The van der Waals surface area contributed by atoms with Gasteiger partial charge in [-0.25, -0.2) is 4.99 Å². The molecule has 2 aliphatic rings. The van der Waals surface area contributed by atoms with Crippen molar-refractivity contribution in [1.29, 1.82) is 0 Å². The van der Waals surface area contributed by atoms with Crippen LogP contribution in [0.5, 0.6) is 17.2 Å². The molecule has 2 N–H and O–H groups in total. The van der Waals surface area contributed by atoms with E-state index in [1.54, 1.807) is 6.92 Å². The Balaban J connectivity index is 1.65. The van der Waals surface area contributed by atoms with Crippen molar-refractivity contribution in [1.82, 2.24) is 0 Å². The number of carbonyl (C=O) groups is 1. The molecular weight excluding hydrogens is 428 g/mol. The predicted molar refractivity (Wildman–Crippen MR) is 132 cm³/mol. The van der Waals surface area contributed by atoms with Gasteiger partial charge in [0.05, 0.1) is 6.61 Å². The topological polar surface area (TPSA) is 83.1 Å². The summed E-state index contributed by atoms with van der Waals surface area (Å²) in [6.07, 6.45) is 0. The minimum Gasteiger partial charge on any atom is -0.493 e. The van der Waals surface area contributed by atoms with Crippen LogP contribution >= 0.6 is 0 Å². The van der Waals surface area contributed by atoms with Gasteiger partial charge in [-0.3, -0.25) is 4.79 Å². The number of amidine groups is 1. The molecule has 1 atom stereocenters. The number of hydrogen-bond donors (Lipinski definition) is 1. The van der Waals surface area contributed by atoms with Crippen molar-refractivity contribution in [2.75, 3.05) is 13.2 Å². The van der Waals surface area contributed by atoms with E-state index in [0.717, 1.165) is 28.0 Å². The molecule has 0 aliphatic carbocycles. The molecule has 0 bridgehead atoms. The largest absolute Gasteiger partial charge is 0.493 e. The van der Waals surface area contributed by atoms with Gasteiger partial charge in [0.15, 0.2) is 11.3 Å². The maximum Gasteiger partial charge on any atom is 0.283 e. The normalized spacial score (nSPS) is 18.4. The number of aliphatic imine (C=N–C) groups is 1. The molecule has 6 heteroatoms. The Morgan fingerprint density at radius 1 is 1.06 bits per heavy atom. The Morgan fingerprint density at radius 2 is 1.76 bits per heavy atom. The van der Waals surface area contributed by atoms with E-state index >= 15 is 0 Å². The van der Waals surface area contributed by atoms with Gasteiger partial charge in [0.2, 0.25) is 0 Å². The molecular formula is C28H28N2O4. The lowest BCUT2D eigenvalue weighted by atomic mass is 9.80. The van der Waals surface area contributed by atoms with E-state index in [0.29, 0.717) is 23.7 Å². The van der Waals surface area contributed by atoms with Crippen LogP contribution in [0.3, 0.4) is 0 Å². The first-order valence-electron chi connectivity index (χ1n) is 11.3. The number of ketones is 1. The molecule has 0 unspecified atom stereocenters. The number of rotatable bonds is 4. The summed E-state index contributed by atoms with van der Waals surface area (Å²) in [7, 11) is 0. The summed E-state index contributed by atoms with van der Waals surface area (Å²) in [6.45, 7) is 8.78. The summed E-state index contributed by atoms with van der Waals surface area (Å²) in [5.74, 6) is 2.12. The van der Waals surface area contributed by atoms with E-state index < -0.39 is 5.54 Å². The van der Waals surface area contributed by atoms with E-state index in [1.807, 2.05) is 60.7 Å². The number of fused-ring (bicyclic) bond motifs is 4. The first kappa shape index (κ1) is 22.0. The van der Waals surface area contributed by atoms with Crippen LogP contribution in [0.2, 0.25) is 0 Å². The summed E-state index contributed by atoms with van der Waals surface area (Å²) in [5, 5.41) is 0. The summed E-state index contributed by atoms with van der Waals surface area (Å²) < 4.78 is 18.1. The second-order valence-corrected chi connectivity index (χ2v) is 10.0. The summed E-state index contributed by atoms with van der Waals surface area (Å²) in [6, 6.07) is 19.4. The molecule has 0 fully saturated rings. The molecule has 0 amide bonds. The predicted octanol–water partition coefficient (Wildman–Crippen LogP) is 5.68. The summed E-state index contributed by atoms with van der Waals surface area (Å²) >= 11 is 0. The van der Waals surface area contributed by atoms with Gasteiger partial charge >= 0.3 is 0 Å². The maximum atomic E-state index is 12.3. The Kier molecular flexibility index (Phi) is 5.12. The molecule has 2 heterocycles. The first-order valence-corrected chi connectivity index (χ1v) is 11.3. The lowest BCUT2D eigenvalue weighted by molar-refractivity contribution is 0.101. The van der Waals surface area contributed by atoms with Crippen LogP contribution in [0.15, 0.2) is 65.7 Å². The van der Waals surface area contributed by atoms with Gasteiger partial charge in [-0.2, -0.15) is 0 Å². The van der Waals surface area contributed by atoms with Gasteiger partial charge in [0.1, 0.15) is 23.9 Å². The molecule has 1 spiro atoms. The number of nitrogens with two attached hydrogens (primary N) is 1. The molecule has 0 radical (unpaired) electrons. The Hall–Kier alpha value is -3.80. The van der Waals surface area contributed by atoms with Crippen LogP contribution in [-0.2, 0) is 10.3 Å². The third kappa shape index (κ3) is 3.79. The van der Waals surface area contributed by atoms with Crippen molar-refractivity contribution in [3.8, 4) is 28.4 Å². The molecule has 3 aromatic rings. The number of hydrogen-bond acceptors (Lipinski definition) is 6. The molecule has 34 heavy (non-hydrogen) atoms. The van der Waals surface area contributed by atoms with Crippen LogP contribution in [0.4, 0.5) is 0 Å². The van der Waals surface area contributed by atoms with Crippen molar-refractivity contribution in [2.45, 2.75) is 33.2 Å². The molecule has 6 nitrogen and oxygen atoms in total. The fourth-order valence-electron chi connectivity index (χ4n) is 4.43. The zero-order valence-electron chi connectivity index (χ0n) is 19.8. The number of carbonyl (C=O) groups excluding carboxylic acids is 1. The van der Waals surface area contributed by atoms with Crippen molar-refractivity contribution in [3.63, 3.8) is 0 Å². The maximum absolute atomic E-state index is 12.3. The minimum absolute atomic E-state index is 0.0109. The Labute approximate surface area is 199 Å². The highest BCUT2D eigenvalue weighted by molar-refractivity contribution is 6.01. The Bertz CT molecular complexity index is 1320. The monoisotopic (exact) mass is 456 g/mol. The van der Waals surface area contributed by atoms with Crippen molar-refractivity contribution < 1.29 is 19.0 Å². The quantitative estimate of drug-likeness (QED) is 0.511. The van der Waals surface area contributed by atoms with E-state index in [1.165, 1.54) is 0 Å². The summed E-state index contributed by atoms with van der Waals surface area (Å²) in [4.78, 5) is 17.0. The third-order valence-electron chi connectivity index (χ3n) is 6.06. The van der Waals surface area contributed by atoms with Crippen LogP contribution < -0.4 is 15.2 Å². The van der Waals surface area contributed by atoms with Crippen LogP contribution in [0.1, 0.15) is 49.2 Å². The molecule has 0 aromatic heterocycles. The van der Waals surface area contributed by atoms with Gasteiger partial charge in [-0.15, -0.1) is 0 Å². The fraction of sp³-hybridized carbons (Fsp3) is 0.286. The highest BCUT2D eigenvalue weighted by atomic mass is 16.5. The second kappa shape index (κ2) is 7.90. The van der Waals surface area contributed by atoms with Gasteiger partial charge < -0.3 is 19.9 Å². The molecule has 3 aromatic carbocycles. The molecule has 0 saturated heterocycles. The molecule has 174 valence electrons. The Morgan fingerprint density at radius 3 is 2.44 bits per heavy atom. The standard InChI is InChI=1S/C28H28N2O4/c1-17(31)20-7-5-6-8-21(20)18-9-11-24-22(13-18)28(16-33-26(29)30-28)23-14-19(10-12-25(23)34-24)32-15-27(2,3)4/h5-14H,15-16H2,1-4H3,(H2,29,30)/t28-/m0/s1. The zero-order valence-corrected chi connectivity index (χ0v) is 19.8. The van der Waals surface area contributed by atoms with Gasteiger partial charge in [-0.05, 0) is 53.8 Å². The highest BCUT2D eigenvalue weighted by Gasteiger charge is 2.47. The van der Waals surface area contributed by atoms with E-state index in [9.17, 15) is 4.79 Å². The third-order valence-corrected chi connectivity index (χ3v) is 6.06. The number of Topliss-reactive ketones (excluding diaryl/α,β-unsaturated/α-hetero) is 1. The number of ether oxygens (including phenoxy) is 3. The lowest BCUT2D eigenvalue weighted by Crippen LogP contribution is -2.31. The average Bonchev–Trinajstić information content (AvgIpc) is 3.19. The molecule has 2 aliphatic heterocycles. The van der Waals surface area contributed by atoms with Crippen molar-refractivity contribution in [3.05, 3.63) is 77.4 Å². The number of benzene rings is 3. The number of nitrogens with zero attached hydrogens (tertiary/aromatic N) is 1. The van der Waals surface area contributed by atoms with E-state index in [-0.39, 0.29) is 23.8 Å². The SMILES string of the molecule is CC(=O)c1ccccc1-c1ccc2c(c1)[C@@]1(COC(N)=N1)c1cc(OCC(C)(C)C)ccc1O2. The van der Waals surface area contributed by atoms with Crippen LogP contribution in [0, 0.1) is 5.41 Å². The minimum atomic E-state index is -0.866. The lowest BCUT2D eigenvalue weighted by Gasteiger charge is -2.34. The zero-order chi connectivity index (χ0) is 24.1. The summed E-state index contributed by atoms with van der Waals surface area (Å²) in [5.41, 5.74) is 9.29. The fourth-order valence-corrected chi connectivity index (χ4v) is 4.43. The first-order chi connectivity index (χ1) is 16.2. The van der Waals surface area contributed by atoms with Crippen molar-refractivity contribution in [2.24, 2.45) is 16.1 Å². The van der Waals surface area contributed by atoms with Crippen LogP contribution in [-0.4, -0.2) is 25.0 Å². The van der Waals surface area contributed by atoms with Crippen molar-refractivity contribution >= 4 is 11.8 Å². The van der Waals surface area contributed by atoms with Gasteiger partial charge in [0.25, 0.3) is 6.02 Å². The second-order valence-electron chi connectivity index (χ2n) is 10.0. The molecule has 0 saturated carbocycles. The average molecular weight is 457 g/mol. The highest BCUT2D eigenvalue weighted by Crippen LogP contribution is 2.52. The van der Waals surface area contributed by atoms with Gasteiger partial charge in [0, 0.05) is 16.7 Å².